The number of nitrogens with zero attached hydrogens (tertiary/aromatic N) is 3. The molecule has 186 valence electrons. The normalized spacial score (nSPS) is 13.8. The maximum absolute atomic E-state index is 13.8. The molecule has 1 heterocycles. The highest BCUT2D eigenvalue weighted by atomic mass is 32.2. The van der Waals surface area contributed by atoms with Gasteiger partial charge in [0.2, 0.25) is 10.0 Å². The average molecular weight is 522 g/mol. The monoisotopic (exact) mass is 521 g/mol. The van der Waals surface area contributed by atoms with Crippen molar-refractivity contribution in [2.75, 3.05) is 18.6 Å². The van der Waals surface area contributed by atoms with E-state index in [-0.39, 0.29) is 16.8 Å². The van der Waals surface area contributed by atoms with E-state index in [1.165, 1.54) is 27.8 Å². The summed E-state index contributed by atoms with van der Waals surface area (Å²) in [5, 5.41) is 0.552. The van der Waals surface area contributed by atoms with Crippen LogP contribution in [0.2, 0.25) is 0 Å². The standard InChI is InChI=1S/C27H27N3O4S2/c1-3-34-23-10-7-11-24-25(23)28-27(35-24)30(18-19-8-5-4-6-9-19)26(31)20-12-16-22(17-13-20)36(32,33)29(2)21-14-15-21/h4-13,16-17,21H,3,14-15,18H2,1-2H3. The van der Waals surface area contributed by atoms with E-state index in [2.05, 4.69) is 0 Å². The van der Waals surface area contributed by atoms with Crippen molar-refractivity contribution in [1.82, 2.24) is 9.29 Å². The fraction of sp³-hybridized carbons (Fsp3) is 0.259. The van der Waals surface area contributed by atoms with E-state index >= 15 is 0 Å². The summed E-state index contributed by atoms with van der Waals surface area (Å²) in [6.07, 6.45) is 1.77. The van der Waals surface area contributed by atoms with E-state index < -0.39 is 10.0 Å². The number of hydrogen-bond donors (Lipinski definition) is 0. The van der Waals surface area contributed by atoms with Crippen LogP contribution in [0.5, 0.6) is 5.75 Å². The summed E-state index contributed by atoms with van der Waals surface area (Å²) >= 11 is 1.42. The Bertz CT molecular complexity index is 1480. The van der Waals surface area contributed by atoms with Crippen molar-refractivity contribution in [3.63, 3.8) is 0 Å². The molecule has 0 spiro atoms. The summed E-state index contributed by atoms with van der Waals surface area (Å²) in [7, 11) is -1.97. The molecule has 9 heteroatoms. The van der Waals surface area contributed by atoms with Crippen molar-refractivity contribution < 1.29 is 17.9 Å². The van der Waals surface area contributed by atoms with Crippen LogP contribution in [-0.4, -0.2) is 43.3 Å². The number of hydrogen-bond acceptors (Lipinski definition) is 6. The Hall–Kier alpha value is -3.27. The summed E-state index contributed by atoms with van der Waals surface area (Å²) in [6, 6.07) is 21.7. The number of rotatable bonds is 9. The van der Waals surface area contributed by atoms with Gasteiger partial charge in [0.1, 0.15) is 11.3 Å². The molecular formula is C27H27N3O4S2. The molecule has 4 aromatic rings. The molecule has 0 N–H and O–H groups in total. The smallest absolute Gasteiger partial charge is 0.260 e. The topological polar surface area (TPSA) is 79.8 Å². The Morgan fingerprint density at radius 3 is 2.42 bits per heavy atom. The number of carbonyl (C=O) groups is 1. The molecule has 5 rings (SSSR count). The minimum atomic E-state index is -3.58. The molecule has 0 saturated heterocycles. The van der Waals surface area contributed by atoms with Gasteiger partial charge in [-0.3, -0.25) is 9.69 Å². The average Bonchev–Trinajstić information content (AvgIpc) is 3.65. The van der Waals surface area contributed by atoms with Gasteiger partial charge in [0.25, 0.3) is 5.91 Å². The number of anilines is 1. The zero-order chi connectivity index (χ0) is 25.3. The zero-order valence-electron chi connectivity index (χ0n) is 20.1. The van der Waals surface area contributed by atoms with Gasteiger partial charge in [-0.25, -0.2) is 13.4 Å². The maximum atomic E-state index is 13.8. The van der Waals surface area contributed by atoms with Gasteiger partial charge >= 0.3 is 0 Å². The van der Waals surface area contributed by atoms with E-state index in [1.54, 1.807) is 24.1 Å². The molecule has 1 aliphatic rings. The van der Waals surface area contributed by atoms with Gasteiger partial charge in [0.05, 0.1) is 22.7 Å². The highest BCUT2D eigenvalue weighted by Gasteiger charge is 2.35. The van der Waals surface area contributed by atoms with Crippen LogP contribution in [0.1, 0.15) is 35.7 Å². The number of aromatic nitrogens is 1. The van der Waals surface area contributed by atoms with Crippen molar-refractivity contribution in [3.05, 3.63) is 83.9 Å². The fourth-order valence-corrected chi connectivity index (χ4v) is 6.41. The Labute approximate surface area is 215 Å². The predicted octanol–water partition coefficient (Wildman–Crippen LogP) is 5.32. The molecule has 1 aromatic heterocycles. The maximum Gasteiger partial charge on any atom is 0.260 e. The van der Waals surface area contributed by atoms with Gasteiger partial charge in [0.15, 0.2) is 5.13 Å². The largest absolute Gasteiger partial charge is 0.492 e. The lowest BCUT2D eigenvalue weighted by molar-refractivity contribution is 0.0985. The first-order chi connectivity index (χ1) is 17.4. The van der Waals surface area contributed by atoms with Gasteiger partial charge in [-0.2, -0.15) is 4.31 Å². The second-order valence-electron chi connectivity index (χ2n) is 8.69. The van der Waals surface area contributed by atoms with Crippen LogP contribution in [0, 0.1) is 0 Å². The number of fused-ring (bicyclic) bond motifs is 1. The van der Waals surface area contributed by atoms with E-state index in [4.69, 9.17) is 9.72 Å². The molecule has 0 unspecified atom stereocenters. The number of ether oxygens (including phenoxy) is 1. The molecule has 1 aliphatic carbocycles. The van der Waals surface area contributed by atoms with Crippen LogP contribution in [-0.2, 0) is 16.6 Å². The third-order valence-corrected chi connectivity index (χ3v) is 9.14. The van der Waals surface area contributed by atoms with Gasteiger partial charge in [-0.15, -0.1) is 0 Å². The molecule has 0 radical (unpaired) electrons. The van der Waals surface area contributed by atoms with Gasteiger partial charge in [-0.05, 0) is 61.7 Å². The van der Waals surface area contributed by atoms with Gasteiger partial charge in [-0.1, -0.05) is 47.7 Å². The lowest BCUT2D eigenvalue weighted by Crippen LogP contribution is -2.31. The molecule has 7 nitrogen and oxygen atoms in total. The Morgan fingerprint density at radius 1 is 1.03 bits per heavy atom. The molecule has 0 bridgehead atoms. The Morgan fingerprint density at radius 2 is 1.75 bits per heavy atom. The molecule has 1 amide bonds. The van der Waals surface area contributed by atoms with Crippen LogP contribution in [0.15, 0.2) is 77.7 Å². The third kappa shape index (κ3) is 4.86. The summed E-state index contributed by atoms with van der Waals surface area (Å²) in [5.74, 6) is 0.425. The second kappa shape index (κ2) is 10.0. The highest BCUT2D eigenvalue weighted by molar-refractivity contribution is 7.89. The van der Waals surface area contributed by atoms with Crippen LogP contribution in [0.3, 0.4) is 0 Å². The minimum absolute atomic E-state index is 0.0679. The summed E-state index contributed by atoms with van der Waals surface area (Å²) in [6.45, 7) is 2.77. The third-order valence-electron chi connectivity index (χ3n) is 6.17. The Balaban J connectivity index is 1.49. The van der Waals surface area contributed by atoms with Crippen molar-refractivity contribution >= 4 is 42.6 Å². The lowest BCUT2D eigenvalue weighted by atomic mass is 10.1. The number of thiazole rings is 1. The van der Waals surface area contributed by atoms with Gasteiger partial charge in [0, 0.05) is 18.7 Å². The summed E-state index contributed by atoms with van der Waals surface area (Å²) in [4.78, 5) is 20.3. The molecule has 1 fully saturated rings. The quantitative estimate of drug-likeness (QED) is 0.298. The van der Waals surface area contributed by atoms with Crippen molar-refractivity contribution in [2.24, 2.45) is 0 Å². The van der Waals surface area contributed by atoms with Crippen LogP contribution < -0.4 is 9.64 Å². The van der Waals surface area contributed by atoms with Crippen LogP contribution in [0.4, 0.5) is 5.13 Å². The SMILES string of the molecule is CCOc1cccc2sc(N(Cc3ccccc3)C(=O)c3ccc(S(=O)(=O)N(C)C4CC4)cc3)nc12. The molecule has 36 heavy (non-hydrogen) atoms. The summed E-state index contributed by atoms with van der Waals surface area (Å²) < 4.78 is 33.9. The first-order valence-corrected chi connectivity index (χ1v) is 14.1. The van der Waals surface area contributed by atoms with E-state index in [1.807, 2.05) is 55.5 Å². The summed E-state index contributed by atoms with van der Waals surface area (Å²) in [5.41, 5.74) is 2.07. The number of benzene rings is 3. The van der Waals surface area contributed by atoms with Gasteiger partial charge < -0.3 is 4.74 Å². The number of amides is 1. The molecular weight excluding hydrogens is 494 g/mol. The van der Waals surface area contributed by atoms with E-state index in [9.17, 15) is 13.2 Å². The fourth-order valence-electron chi connectivity index (χ4n) is 4.02. The lowest BCUT2D eigenvalue weighted by Gasteiger charge is -2.21. The predicted molar refractivity (Wildman–Crippen MR) is 142 cm³/mol. The van der Waals surface area contributed by atoms with Crippen molar-refractivity contribution in [1.29, 1.82) is 0 Å². The number of sulfonamides is 1. The molecule has 0 aliphatic heterocycles. The van der Waals surface area contributed by atoms with E-state index in [0.29, 0.717) is 29.6 Å². The number of carbonyl (C=O) groups excluding carboxylic acids is 1. The van der Waals surface area contributed by atoms with Crippen LogP contribution >= 0.6 is 11.3 Å². The second-order valence-corrected chi connectivity index (χ2v) is 11.7. The molecule has 1 saturated carbocycles. The van der Waals surface area contributed by atoms with E-state index in [0.717, 1.165) is 28.6 Å². The van der Waals surface area contributed by atoms with Crippen molar-refractivity contribution in [3.8, 4) is 5.75 Å². The minimum Gasteiger partial charge on any atom is -0.492 e. The first-order valence-electron chi connectivity index (χ1n) is 11.8. The molecule has 3 aromatic carbocycles. The first kappa shape index (κ1) is 24.4. The highest BCUT2D eigenvalue weighted by Crippen LogP contribution is 2.36. The van der Waals surface area contributed by atoms with Crippen molar-refractivity contribution in [2.45, 2.75) is 37.2 Å². The zero-order valence-corrected chi connectivity index (χ0v) is 21.8. The Kier molecular flexibility index (Phi) is 6.79. The molecule has 0 atom stereocenters. The number of para-hydroxylation sites is 1. The van der Waals surface area contributed by atoms with Crippen LogP contribution in [0.25, 0.3) is 10.2 Å².